The van der Waals surface area contributed by atoms with E-state index in [0.29, 0.717) is 25.9 Å². The quantitative estimate of drug-likeness (QED) is 0.819. The smallest absolute Gasteiger partial charge is 0.221 e. The van der Waals surface area contributed by atoms with Crippen molar-refractivity contribution in [2.45, 2.75) is 51.6 Å². The standard InChI is InChI=1S/C16H27N3O3S2/c1-16(2,3)13-10-23-15(18-13)9-17-14(20)5-7-19(4)12-6-8-24(21,22)11-12/h10,12H,5-9,11H2,1-4H3,(H,17,20)/t12-/m1/s1. The van der Waals surface area contributed by atoms with Gasteiger partial charge in [-0.1, -0.05) is 20.8 Å². The number of thiazole rings is 1. The second kappa shape index (κ2) is 7.49. The number of carbonyl (C=O) groups excluding carboxylic acids is 1. The molecular weight excluding hydrogens is 346 g/mol. The van der Waals surface area contributed by atoms with Gasteiger partial charge in [0.1, 0.15) is 5.01 Å². The lowest BCUT2D eigenvalue weighted by Crippen LogP contribution is -2.36. The van der Waals surface area contributed by atoms with E-state index >= 15 is 0 Å². The van der Waals surface area contributed by atoms with E-state index in [9.17, 15) is 13.2 Å². The molecule has 1 aliphatic heterocycles. The Hall–Kier alpha value is -0.990. The number of carbonyl (C=O) groups is 1. The molecule has 24 heavy (non-hydrogen) atoms. The monoisotopic (exact) mass is 373 g/mol. The van der Waals surface area contributed by atoms with E-state index in [1.807, 2.05) is 17.3 Å². The average molecular weight is 374 g/mol. The van der Waals surface area contributed by atoms with Crippen molar-refractivity contribution in [1.29, 1.82) is 0 Å². The summed E-state index contributed by atoms with van der Waals surface area (Å²) in [5.41, 5.74) is 1.06. The van der Waals surface area contributed by atoms with Crippen LogP contribution in [0.3, 0.4) is 0 Å². The van der Waals surface area contributed by atoms with Crippen molar-refractivity contribution in [3.63, 3.8) is 0 Å². The minimum absolute atomic E-state index is 0.0170. The molecule has 1 aromatic rings. The summed E-state index contributed by atoms with van der Waals surface area (Å²) in [5.74, 6) is 0.434. The Balaban J connectivity index is 1.73. The number of hydrogen-bond donors (Lipinski definition) is 1. The van der Waals surface area contributed by atoms with Gasteiger partial charge in [-0.2, -0.15) is 0 Å². The van der Waals surface area contributed by atoms with E-state index in [1.165, 1.54) is 0 Å². The van der Waals surface area contributed by atoms with Crippen LogP contribution in [0.25, 0.3) is 0 Å². The van der Waals surface area contributed by atoms with Crippen LogP contribution >= 0.6 is 11.3 Å². The molecule has 0 aliphatic carbocycles. The summed E-state index contributed by atoms with van der Waals surface area (Å²) in [5, 5.41) is 5.83. The highest BCUT2D eigenvalue weighted by Gasteiger charge is 2.30. The minimum Gasteiger partial charge on any atom is -0.350 e. The van der Waals surface area contributed by atoms with Gasteiger partial charge in [-0.25, -0.2) is 13.4 Å². The Kier molecular flexibility index (Phi) is 6.04. The fourth-order valence-electron chi connectivity index (χ4n) is 2.58. The van der Waals surface area contributed by atoms with Crippen molar-refractivity contribution in [3.8, 4) is 0 Å². The molecule has 1 aromatic heterocycles. The van der Waals surface area contributed by atoms with Crippen LogP contribution < -0.4 is 5.32 Å². The highest BCUT2D eigenvalue weighted by molar-refractivity contribution is 7.91. The predicted molar refractivity (Wildman–Crippen MR) is 97.0 cm³/mol. The molecule has 136 valence electrons. The van der Waals surface area contributed by atoms with E-state index in [0.717, 1.165) is 10.7 Å². The van der Waals surface area contributed by atoms with Crippen molar-refractivity contribution in [3.05, 3.63) is 16.1 Å². The molecule has 1 saturated heterocycles. The molecule has 0 saturated carbocycles. The maximum Gasteiger partial charge on any atom is 0.221 e. The third-order valence-corrected chi connectivity index (χ3v) is 6.88. The van der Waals surface area contributed by atoms with Crippen molar-refractivity contribution >= 4 is 27.1 Å². The van der Waals surface area contributed by atoms with Gasteiger partial charge in [0, 0.05) is 29.8 Å². The molecule has 1 amide bonds. The number of hydrogen-bond acceptors (Lipinski definition) is 6. The number of nitrogens with zero attached hydrogens (tertiary/aromatic N) is 2. The molecular formula is C16H27N3O3S2. The lowest BCUT2D eigenvalue weighted by Gasteiger charge is -2.22. The van der Waals surface area contributed by atoms with Gasteiger partial charge in [-0.05, 0) is 13.5 Å². The summed E-state index contributed by atoms with van der Waals surface area (Å²) < 4.78 is 23.0. The van der Waals surface area contributed by atoms with Crippen LogP contribution in [-0.4, -0.2) is 55.3 Å². The second-order valence-electron chi connectivity index (χ2n) is 7.44. The van der Waals surface area contributed by atoms with Gasteiger partial charge in [0.05, 0.1) is 23.7 Å². The maximum atomic E-state index is 12.0. The van der Waals surface area contributed by atoms with E-state index in [-0.39, 0.29) is 28.9 Å². The van der Waals surface area contributed by atoms with Crippen LogP contribution in [0.15, 0.2) is 5.38 Å². The molecule has 2 rings (SSSR count). The number of sulfone groups is 1. The highest BCUT2D eigenvalue weighted by atomic mass is 32.2. The zero-order valence-corrected chi connectivity index (χ0v) is 16.5. The Morgan fingerprint density at radius 2 is 2.17 bits per heavy atom. The lowest BCUT2D eigenvalue weighted by molar-refractivity contribution is -0.121. The topological polar surface area (TPSA) is 79.4 Å². The first-order valence-corrected chi connectivity index (χ1v) is 10.9. The van der Waals surface area contributed by atoms with Gasteiger partial charge < -0.3 is 10.2 Å². The Bertz CT molecular complexity index is 677. The molecule has 2 heterocycles. The van der Waals surface area contributed by atoms with Gasteiger partial charge in [-0.15, -0.1) is 11.3 Å². The first-order chi connectivity index (χ1) is 11.1. The van der Waals surface area contributed by atoms with Crippen molar-refractivity contribution in [2.24, 2.45) is 0 Å². The molecule has 6 nitrogen and oxygen atoms in total. The summed E-state index contributed by atoms with van der Waals surface area (Å²) in [7, 11) is -1.00. The van der Waals surface area contributed by atoms with Gasteiger partial charge in [0.15, 0.2) is 9.84 Å². The van der Waals surface area contributed by atoms with E-state index in [2.05, 4.69) is 31.1 Å². The fraction of sp³-hybridized carbons (Fsp3) is 0.750. The van der Waals surface area contributed by atoms with Crippen LogP contribution in [-0.2, 0) is 26.6 Å². The zero-order chi connectivity index (χ0) is 18.0. The molecule has 1 fully saturated rings. The fourth-order valence-corrected chi connectivity index (χ4v) is 5.35. The van der Waals surface area contributed by atoms with Gasteiger partial charge in [-0.3, -0.25) is 4.79 Å². The molecule has 8 heteroatoms. The SMILES string of the molecule is CN(CCC(=O)NCc1nc(C(C)(C)C)cs1)[C@@H]1CCS(=O)(=O)C1. The van der Waals surface area contributed by atoms with Crippen molar-refractivity contribution < 1.29 is 13.2 Å². The normalized spacial score (nSPS) is 20.5. The second-order valence-corrected chi connectivity index (χ2v) is 10.6. The summed E-state index contributed by atoms with van der Waals surface area (Å²) in [4.78, 5) is 18.5. The molecule has 1 N–H and O–H groups in total. The highest BCUT2D eigenvalue weighted by Crippen LogP contribution is 2.23. The van der Waals surface area contributed by atoms with Crippen LogP contribution in [0.2, 0.25) is 0 Å². The molecule has 0 bridgehead atoms. The summed E-state index contributed by atoms with van der Waals surface area (Å²) in [6.45, 7) is 7.36. The Morgan fingerprint density at radius 3 is 2.71 bits per heavy atom. The van der Waals surface area contributed by atoms with Crippen molar-refractivity contribution in [2.75, 3.05) is 25.1 Å². The number of rotatable bonds is 6. The molecule has 1 atom stereocenters. The molecule has 0 unspecified atom stereocenters. The molecule has 1 aliphatic rings. The van der Waals surface area contributed by atoms with E-state index < -0.39 is 9.84 Å². The first-order valence-electron chi connectivity index (χ1n) is 8.19. The zero-order valence-electron chi connectivity index (χ0n) is 14.8. The first kappa shape index (κ1) is 19.3. The van der Waals surface area contributed by atoms with E-state index in [1.54, 1.807) is 11.3 Å². The number of amides is 1. The number of nitrogens with one attached hydrogen (secondary N) is 1. The van der Waals surface area contributed by atoms with Crippen LogP contribution in [0.4, 0.5) is 0 Å². The van der Waals surface area contributed by atoms with Crippen LogP contribution in [0, 0.1) is 0 Å². The average Bonchev–Trinajstić information content (AvgIpc) is 3.08. The van der Waals surface area contributed by atoms with Crippen molar-refractivity contribution in [1.82, 2.24) is 15.2 Å². The van der Waals surface area contributed by atoms with Gasteiger partial charge >= 0.3 is 0 Å². The van der Waals surface area contributed by atoms with Crippen LogP contribution in [0.1, 0.15) is 44.3 Å². The Morgan fingerprint density at radius 1 is 1.46 bits per heavy atom. The largest absolute Gasteiger partial charge is 0.350 e. The van der Waals surface area contributed by atoms with E-state index in [4.69, 9.17) is 0 Å². The molecule has 0 aromatic carbocycles. The molecule has 0 radical (unpaired) electrons. The third-order valence-electron chi connectivity index (χ3n) is 4.28. The number of aromatic nitrogens is 1. The minimum atomic E-state index is -2.88. The summed E-state index contributed by atoms with van der Waals surface area (Å²) >= 11 is 1.56. The van der Waals surface area contributed by atoms with Crippen LogP contribution in [0.5, 0.6) is 0 Å². The third kappa shape index (κ3) is 5.53. The maximum absolute atomic E-state index is 12.0. The molecule has 0 spiro atoms. The lowest BCUT2D eigenvalue weighted by atomic mass is 9.93. The summed E-state index contributed by atoms with van der Waals surface area (Å²) in [6.07, 6.45) is 1.03. The van der Waals surface area contributed by atoms with Gasteiger partial charge in [0.25, 0.3) is 0 Å². The predicted octanol–water partition coefficient (Wildman–Crippen LogP) is 1.57. The van der Waals surface area contributed by atoms with Gasteiger partial charge in [0.2, 0.25) is 5.91 Å². The Labute approximate surface area is 148 Å². The summed E-state index contributed by atoms with van der Waals surface area (Å²) in [6, 6.07) is 0.0381.